The summed E-state index contributed by atoms with van der Waals surface area (Å²) in [5, 5.41) is 4.84. The highest BCUT2D eigenvalue weighted by molar-refractivity contribution is 7.11. The third-order valence-electron chi connectivity index (χ3n) is 1.34. The van der Waals surface area contributed by atoms with Gasteiger partial charge in [-0.3, -0.25) is 0 Å². The Kier molecular flexibility index (Phi) is 3.26. The fourth-order valence-electron chi connectivity index (χ4n) is 0.831. The lowest BCUT2D eigenvalue weighted by atomic mass is 10.2. The highest BCUT2D eigenvalue weighted by Crippen LogP contribution is 2.19. The quantitative estimate of drug-likeness (QED) is 0.735. The Morgan fingerprint density at radius 2 is 2.64 bits per heavy atom. The largest absolute Gasteiger partial charge is 0.316 e. The van der Waals surface area contributed by atoms with E-state index in [1.54, 1.807) is 18.4 Å². The van der Waals surface area contributed by atoms with Gasteiger partial charge in [0, 0.05) is 17.0 Å². The van der Waals surface area contributed by atoms with E-state index >= 15 is 0 Å². The van der Waals surface area contributed by atoms with Crippen LogP contribution in [0.15, 0.2) is 23.8 Å². The zero-order valence-corrected chi connectivity index (χ0v) is 7.12. The maximum absolute atomic E-state index is 12.2. The van der Waals surface area contributed by atoms with Crippen molar-refractivity contribution in [2.24, 2.45) is 0 Å². The van der Waals surface area contributed by atoms with Crippen LogP contribution in [0.25, 0.3) is 5.57 Å². The van der Waals surface area contributed by atoms with Crippen molar-refractivity contribution in [1.29, 1.82) is 0 Å². The van der Waals surface area contributed by atoms with Gasteiger partial charge in [-0.15, -0.1) is 11.3 Å². The molecule has 0 bridgehead atoms. The molecule has 0 fully saturated rings. The zero-order chi connectivity index (χ0) is 8.10. The van der Waals surface area contributed by atoms with E-state index in [1.807, 2.05) is 17.5 Å². The van der Waals surface area contributed by atoms with Gasteiger partial charge in [0.05, 0.1) is 6.33 Å². The lowest BCUT2D eigenvalue weighted by Gasteiger charge is -1.99. The monoisotopic (exact) mass is 171 g/mol. The average molecular weight is 171 g/mol. The van der Waals surface area contributed by atoms with E-state index in [9.17, 15) is 4.39 Å². The smallest absolute Gasteiger partial charge is 0.0926 e. The van der Waals surface area contributed by atoms with Crippen LogP contribution in [0.2, 0.25) is 0 Å². The maximum Gasteiger partial charge on any atom is 0.0926 e. The summed E-state index contributed by atoms with van der Waals surface area (Å²) in [6, 6.07) is 3.83. The molecule has 0 amide bonds. The summed E-state index contributed by atoms with van der Waals surface area (Å²) < 4.78 is 12.2. The van der Waals surface area contributed by atoms with Crippen molar-refractivity contribution in [1.82, 2.24) is 5.32 Å². The van der Waals surface area contributed by atoms with Crippen LogP contribution in [-0.2, 0) is 0 Å². The third kappa shape index (κ3) is 2.13. The Labute approximate surface area is 69.6 Å². The molecule has 0 radical (unpaired) electrons. The Morgan fingerprint density at radius 3 is 3.09 bits per heavy atom. The van der Waals surface area contributed by atoms with Gasteiger partial charge in [0.25, 0.3) is 0 Å². The van der Waals surface area contributed by atoms with Gasteiger partial charge in [-0.1, -0.05) is 6.07 Å². The highest BCUT2D eigenvalue weighted by Gasteiger charge is 2.00. The first-order valence-electron chi connectivity index (χ1n) is 3.36. The normalized spacial score (nSPS) is 12.0. The summed E-state index contributed by atoms with van der Waals surface area (Å²) in [4.78, 5) is 0.988. The number of rotatable bonds is 3. The van der Waals surface area contributed by atoms with E-state index in [-0.39, 0.29) is 0 Å². The average Bonchev–Trinajstić information content (AvgIpc) is 2.52. The zero-order valence-electron chi connectivity index (χ0n) is 6.30. The molecule has 1 aromatic heterocycles. The molecule has 1 nitrogen and oxygen atoms in total. The van der Waals surface area contributed by atoms with Crippen LogP contribution in [0.3, 0.4) is 0 Å². The minimum absolute atomic E-state index is 0.580. The first kappa shape index (κ1) is 8.43. The molecule has 0 aliphatic heterocycles. The SMILES string of the molecule is CNC/C(=C\F)c1cccs1. The standard InChI is InChI=1S/C8H10FNS/c1-10-6-7(5-9)8-3-2-4-11-8/h2-5,10H,6H2,1H3/b7-5+. The van der Waals surface area contributed by atoms with E-state index in [4.69, 9.17) is 0 Å². The molecule has 0 atom stereocenters. The van der Waals surface area contributed by atoms with E-state index < -0.39 is 0 Å². The maximum atomic E-state index is 12.2. The predicted molar refractivity (Wildman–Crippen MR) is 47.3 cm³/mol. The summed E-state index contributed by atoms with van der Waals surface area (Å²) in [6.45, 7) is 0.580. The van der Waals surface area contributed by atoms with Gasteiger partial charge >= 0.3 is 0 Å². The number of likely N-dealkylation sites (N-methyl/N-ethyl adjacent to an activating group) is 1. The molecule has 1 N–H and O–H groups in total. The van der Waals surface area contributed by atoms with Gasteiger partial charge < -0.3 is 5.32 Å². The van der Waals surface area contributed by atoms with Crippen molar-refractivity contribution >= 4 is 16.9 Å². The second kappa shape index (κ2) is 4.26. The van der Waals surface area contributed by atoms with Crippen molar-refractivity contribution in [2.45, 2.75) is 0 Å². The van der Waals surface area contributed by atoms with Crippen LogP contribution in [0.5, 0.6) is 0 Å². The van der Waals surface area contributed by atoms with Gasteiger partial charge in [0.1, 0.15) is 0 Å². The fraction of sp³-hybridized carbons (Fsp3) is 0.250. The van der Waals surface area contributed by atoms with Crippen molar-refractivity contribution in [3.05, 3.63) is 28.7 Å². The second-order valence-electron chi connectivity index (χ2n) is 2.14. The molecule has 11 heavy (non-hydrogen) atoms. The van der Waals surface area contributed by atoms with Gasteiger partial charge in [0.2, 0.25) is 0 Å². The van der Waals surface area contributed by atoms with Gasteiger partial charge in [0.15, 0.2) is 0 Å². The van der Waals surface area contributed by atoms with Crippen LogP contribution in [0.4, 0.5) is 4.39 Å². The van der Waals surface area contributed by atoms with Crippen LogP contribution >= 0.6 is 11.3 Å². The molecule has 0 saturated heterocycles. The van der Waals surface area contributed by atoms with E-state index in [0.29, 0.717) is 18.4 Å². The molecule has 0 aromatic carbocycles. The third-order valence-corrected chi connectivity index (χ3v) is 2.28. The Balaban J connectivity index is 2.72. The molecule has 0 saturated carbocycles. The molecule has 60 valence electrons. The minimum Gasteiger partial charge on any atom is -0.316 e. The summed E-state index contributed by atoms with van der Waals surface area (Å²) in [7, 11) is 1.80. The highest BCUT2D eigenvalue weighted by atomic mass is 32.1. The summed E-state index contributed by atoms with van der Waals surface area (Å²) in [5.74, 6) is 0. The molecule has 1 aromatic rings. The summed E-state index contributed by atoms with van der Waals surface area (Å²) >= 11 is 1.55. The van der Waals surface area contributed by atoms with Gasteiger partial charge in [-0.05, 0) is 18.5 Å². The summed E-state index contributed by atoms with van der Waals surface area (Å²) in [6.07, 6.45) is 0.655. The van der Waals surface area contributed by atoms with E-state index in [2.05, 4.69) is 5.32 Å². The number of thiophene rings is 1. The molecule has 1 rings (SSSR count). The van der Waals surface area contributed by atoms with E-state index in [0.717, 1.165) is 4.88 Å². The number of nitrogens with one attached hydrogen (secondary N) is 1. The van der Waals surface area contributed by atoms with Crippen LogP contribution in [-0.4, -0.2) is 13.6 Å². The van der Waals surface area contributed by atoms with Gasteiger partial charge in [-0.25, -0.2) is 4.39 Å². The Hall–Kier alpha value is -0.670. The Morgan fingerprint density at radius 1 is 1.82 bits per heavy atom. The Bertz CT molecular complexity index is 228. The molecule has 0 unspecified atom stereocenters. The van der Waals surface area contributed by atoms with Crippen LogP contribution in [0, 0.1) is 0 Å². The lowest BCUT2D eigenvalue weighted by Crippen LogP contribution is -2.08. The fourth-order valence-corrected chi connectivity index (χ4v) is 1.56. The predicted octanol–water partition coefficient (Wildman–Crippen LogP) is 2.28. The molecule has 1 heterocycles. The number of halogens is 1. The number of hydrogen-bond donors (Lipinski definition) is 1. The second-order valence-corrected chi connectivity index (χ2v) is 3.09. The van der Waals surface area contributed by atoms with Gasteiger partial charge in [-0.2, -0.15) is 0 Å². The van der Waals surface area contributed by atoms with Crippen molar-refractivity contribution in [3.8, 4) is 0 Å². The number of hydrogen-bond acceptors (Lipinski definition) is 2. The first-order valence-corrected chi connectivity index (χ1v) is 4.24. The topological polar surface area (TPSA) is 12.0 Å². The van der Waals surface area contributed by atoms with Crippen molar-refractivity contribution < 1.29 is 4.39 Å². The summed E-state index contributed by atoms with van der Waals surface area (Å²) in [5.41, 5.74) is 0.711. The molecule has 0 aliphatic rings. The van der Waals surface area contributed by atoms with Crippen molar-refractivity contribution in [3.63, 3.8) is 0 Å². The molecular formula is C8H10FNS. The lowest BCUT2D eigenvalue weighted by molar-refractivity contribution is 0.718. The molecule has 0 aliphatic carbocycles. The first-order chi connectivity index (χ1) is 5.38. The minimum atomic E-state index is 0.580. The molecular weight excluding hydrogens is 161 g/mol. The molecule has 3 heteroatoms. The van der Waals surface area contributed by atoms with Crippen molar-refractivity contribution in [2.75, 3.05) is 13.6 Å². The van der Waals surface area contributed by atoms with Crippen LogP contribution < -0.4 is 5.32 Å². The van der Waals surface area contributed by atoms with Crippen LogP contribution in [0.1, 0.15) is 4.88 Å². The molecule has 0 spiro atoms. The van der Waals surface area contributed by atoms with E-state index in [1.165, 1.54) is 0 Å².